The van der Waals surface area contributed by atoms with Crippen LogP contribution in [-0.4, -0.2) is 0 Å². The lowest BCUT2D eigenvalue weighted by molar-refractivity contribution is 0.668. The van der Waals surface area contributed by atoms with Gasteiger partial charge >= 0.3 is 0 Å². The molecule has 0 saturated heterocycles. The van der Waals surface area contributed by atoms with Crippen LogP contribution < -0.4 is 9.80 Å². The van der Waals surface area contributed by atoms with Crippen molar-refractivity contribution in [1.29, 1.82) is 0 Å². The first kappa shape index (κ1) is 32.0. The summed E-state index contributed by atoms with van der Waals surface area (Å²) in [5, 5.41) is 9.26. The average Bonchev–Trinajstić information content (AvgIpc) is 3.97. The monoisotopic (exact) mass is 748 g/mol. The van der Waals surface area contributed by atoms with Gasteiger partial charge in [0.25, 0.3) is 0 Å². The van der Waals surface area contributed by atoms with Crippen molar-refractivity contribution in [3.8, 4) is 0 Å². The van der Waals surface area contributed by atoms with E-state index in [1.165, 1.54) is 30.9 Å². The minimum absolute atomic E-state index is 0.854. The third kappa shape index (κ3) is 4.93. The number of hydrogen-bond donors (Lipinski definition) is 0. The van der Waals surface area contributed by atoms with Crippen molar-refractivity contribution < 1.29 is 8.83 Å². The number of benzene rings is 9. The Balaban J connectivity index is 1.24. The van der Waals surface area contributed by atoms with Crippen molar-refractivity contribution in [2.45, 2.75) is 0 Å². The van der Waals surface area contributed by atoms with Crippen molar-refractivity contribution in [3.63, 3.8) is 0 Å². The molecule has 9 aromatic carbocycles. The summed E-state index contributed by atoms with van der Waals surface area (Å²) in [5.74, 6) is 0. The molecule has 3 heterocycles. The molecule has 0 fully saturated rings. The molecule has 0 unspecified atom stereocenters. The van der Waals surface area contributed by atoms with E-state index in [4.69, 9.17) is 8.83 Å². The van der Waals surface area contributed by atoms with Gasteiger partial charge in [0.1, 0.15) is 22.3 Å². The Morgan fingerprint density at radius 1 is 0.333 bits per heavy atom. The minimum Gasteiger partial charge on any atom is -0.456 e. The van der Waals surface area contributed by atoms with Crippen molar-refractivity contribution in [1.82, 2.24) is 0 Å². The fourth-order valence-electron chi connectivity index (χ4n) is 8.78. The van der Waals surface area contributed by atoms with Gasteiger partial charge < -0.3 is 18.6 Å². The zero-order valence-corrected chi connectivity index (χ0v) is 31.4. The SMILES string of the molecule is c1ccc(N(c2cc(N(c3ccccc3)c3cccc4oc5ccccc5c34)c3c(c2)sc2c4ccccc4ccc23)c2cccc3oc4ccccc4c23)cc1. The Morgan fingerprint density at radius 2 is 0.860 bits per heavy atom. The number of fused-ring (bicyclic) bond motifs is 11. The maximum Gasteiger partial charge on any atom is 0.137 e. The molecule has 57 heavy (non-hydrogen) atoms. The van der Waals surface area contributed by atoms with Crippen LogP contribution in [-0.2, 0) is 0 Å². The molecular weight excluding hydrogens is 717 g/mol. The van der Waals surface area contributed by atoms with Crippen LogP contribution in [0.1, 0.15) is 0 Å². The van der Waals surface area contributed by atoms with Crippen molar-refractivity contribution in [3.05, 3.63) is 194 Å². The zero-order chi connectivity index (χ0) is 37.5. The van der Waals surface area contributed by atoms with E-state index in [1.807, 2.05) is 23.5 Å². The maximum absolute atomic E-state index is 6.51. The Hall–Kier alpha value is -7.34. The molecule has 0 amide bonds. The van der Waals surface area contributed by atoms with Gasteiger partial charge in [-0.05, 0) is 83.6 Å². The smallest absolute Gasteiger partial charge is 0.137 e. The molecule has 0 radical (unpaired) electrons. The highest BCUT2D eigenvalue weighted by Crippen LogP contribution is 2.52. The normalized spacial score (nSPS) is 11.9. The van der Waals surface area contributed by atoms with E-state index in [9.17, 15) is 0 Å². The van der Waals surface area contributed by atoms with Gasteiger partial charge in [0.2, 0.25) is 0 Å². The summed E-state index contributed by atoms with van der Waals surface area (Å²) >= 11 is 1.86. The van der Waals surface area contributed by atoms with E-state index in [0.717, 1.165) is 78.0 Å². The van der Waals surface area contributed by atoms with Crippen LogP contribution >= 0.6 is 11.3 Å². The first-order valence-corrected chi connectivity index (χ1v) is 20.0. The number of rotatable bonds is 6. The maximum atomic E-state index is 6.51. The third-order valence-corrected chi connectivity index (χ3v) is 12.4. The standard InChI is InChI=1S/C52H32N2O2S/c1-3-16-34(17-4-1)53(41-23-13-27-46-49(41)38-21-9-11-25-44(38)55-46)36-31-43(51-40-30-29-33-15-7-8-20-37(33)52(40)57-48(51)32-36)54(35-18-5-2-6-19-35)42-24-14-28-47-50(42)39-22-10-12-26-45(39)56-47/h1-32H. The molecule has 0 atom stereocenters. The topological polar surface area (TPSA) is 32.8 Å². The Labute approximate surface area is 331 Å². The first-order valence-electron chi connectivity index (χ1n) is 19.2. The second kappa shape index (κ2) is 12.6. The van der Waals surface area contributed by atoms with Crippen LogP contribution in [0.5, 0.6) is 0 Å². The van der Waals surface area contributed by atoms with Crippen LogP contribution in [0.25, 0.3) is 74.8 Å². The summed E-state index contributed by atoms with van der Waals surface area (Å²) in [5.41, 5.74) is 9.80. The summed E-state index contributed by atoms with van der Waals surface area (Å²) < 4.78 is 15.5. The van der Waals surface area contributed by atoms with E-state index < -0.39 is 0 Å². The first-order chi connectivity index (χ1) is 28.3. The number of nitrogens with zero attached hydrogens (tertiary/aromatic N) is 2. The number of thiophene rings is 1. The highest BCUT2D eigenvalue weighted by atomic mass is 32.1. The number of hydrogen-bond acceptors (Lipinski definition) is 5. The van der Waals surface area contributed by atoms with Gasteiger partial charge in [-0.25, -0.2) is 0 Å². The second-order valence-electron chi connectivity index (χ2n) is 14.4. The van der Waals surface area contributed by atoms with E-state index in [-0.39, 0.29) is 0 Å². The molecular formula is C52H32N2O2S. The molecule has 0 bridgehead atoms. The summed E-state index contributed by atoms with van der Waals surface area (Å²) in [6.07, 6.45) is 0. The number of para-hydroxylation sites is 4. The summed E-state index contributed by atoms with van der Waals surface area (Å²) in [6, 6.07) is 69.0. The molecule has 12 aromatic rings. The molecule has 0 aliphatic heterocycles. The Morgan fingerprint density at radius 3 is 1.51 bits per heavy atom. The minimum atomic E-state index is 0.854. The summed E-state index contributed by atoms with van der Waals surface area (Å²) in [6.45, 7) is 0. The molecule has 0 aliphatic rings. The van der Waals surface area contributed by atoms with E-state index >= 15 is 0 Å². The van der Waals surface area contributed by atoms with Crippen molar-refractivity contribution in [2.75, 3.05) is 9.80 Å². The van der Waals surface area contributed by atoms with Crippen LogP contribution in [0.15, 0.2) is 203 Å². The van der Waals surface area contributed by atoms with E-state index in [2.05, 4.69) is 192 Å². The third-order valence-electron chi connectivity index (χ3n) is 11.2. The fourth-order valence-corrected chi connectivity index (χ4v) is 10.1. The second-order valence-corrected chi connectivity index (χ2v) is 15.5. The summed E-state index contributed by atoms with van der Waals surface area (Å²) in [4.78, 5) is 4.83. The molecule has 5 heteroatoms. The van der Waals surface area contributed by atoms with Gasteiger partial charge in [0, 0.05) is 48.0 Å². The molecule has 268 valence electrons. The van der Waals surface area contributed by atoms with Crippen LogP contribution in [0.2, 0.25) is 0 Å². The molecule has 0 spiro atoms. The lowest BCUT2D eigenvalue weighted by atomic mass is 10.0. The molecule has 12 rings (SSSR count). The summed E-state index contributed by atoms with van der Waals surface area (Å²) in [7, 11) is 0. The Kier molecular flexibility index (Phi) is 7.06. The average molecular weight is 749 g/mol. The van der Waals surface area contributed by atoms with Crippen molar-refractivity contribution in [2.24, 2.45) is 0 Å². The van der Waals surface area contributed by atoms with Gasteiger partial charge in [-0.15, -0.1) is 11.3 Å². The predicted molar refractivity (Wildman–Crippen MR) is 241 cm³/mol. The highest BCUT2D eigenvalue weighted by molar-refractivity contribution is 7.26. The van der Waals surface area contributed by atoms with Crippen LogP contribution in [0, 0.1) is 0 Å². The number of anilines is 6. The molecule has 4 nitrogen and oxygen atoms in total. The van der Waals surface area contributed by atoms with Gasteiger partial charge in [-0.3, -0.25) is 0 Å². The van der Waals surface area contributed by atoms with Crippen LogP contribution in [0.4, 0.5) is 34.1 Å². The van der Waals surface area contributed by atoms with E-state index in [1.54, 1.807) is 0 Å². The van der Waals surface area contributed by atoms with E-state index in [0.29, 0.717) is 0 Å². The molecule has 0 aliphatic carbocycles. The van der Waals surface area contributed by atoms with Gasteiger partial charge in [-0.1, -0.05) is 121 Å². The molecule has 0 saturated carbocycles. The zero-order valence-electron chi connectivity index (χ0n) is 30.6. The van der Waals surface area contributed by atoms with Gasteiger partial charge in [0.05, 0.1) is 27.8 Å². The van der Waals surface area contributed by atoms with Gasteiger partial charge in [-0.2, -0.15) is 0 Å². The Bertz CT molecular complexity index is 3490. The largest absolute Gasteiger partial charge is 0.456 e. The fraction of sp³-hybridized carbons (Fsp3) is 0. The van der Waals surface area contributed by atoms with Crippen molar-refractivity contribution >= 4 is 120 Å². The van der Waals surface area contributed by atoms with Crippen LogP contribution in [0.3, 0.4) is 0 Å². The molecule has 3 aromatic heterocycles. The lowest BCUT2D eigenvalue weighted by Gasteiger charge is -2.31. The predicted octanol–water partition coefficient (Wildman–Crippen LogP) is 15.9. The van der Waals surface area contributed by atoms with Gasteiger partial charge in [0.15, 0.2) is 0 Å². The quantitative estimate of drug-likeness (QED) is 0.170. The lowest BCUT2D eigenvalue weighted by Crippen LogP contribution is -2.14. The highest BCUT2D eigenvalue weighted by Gasteiger charge is 2.26. The molecule has 0 N–H and O–H groups in total. The number of furan rings is 2.